The molecule has 3 saturated carbocycles. The third-order valence-corrected chi connectivity index (χ3v) is 8.24. The zero-order chi connectivity index (χ0) is 23.0. The Bertz CT molecular complexity index is 729. The first-order chi connectivity index (χ1) is 14.3. The molecule has 3 aliphatic rings. The zero-order valence-corrected chi connectivity index (χ0v) is 19.5. The molecule has 0 aromatic rings. The molecule has 0 bridgehead atoms. The van der Waals surface area contributed by atoms with E-state index in [1.807, 2.05) is 19.9 Å². The average Bonchev–Trinajstić information content (AvgIpc) is 2.99. The van der Waals surface area contributed by atoms with Crippen LogP contribution in [0.3, 0.4) is 0 Å². The fourth-order valence-electron chi connectivity index (χ4n) is 6.31. The smallest absolute Gasteiger partial charge is 0.192 e. The van der Waals surface area contributed by atoms with Crippen LogP contribution in [-0.4, -0.2) is 49.1 Å². The summed E-state index contributed by atoms with van der Waals surface area (Å²) in [4.78, 5) is 0. The third kappa shape index (κ3) is 5.33. The number of allylic oxidation sites excluding steroid dienone is 3. The van der Waals surface area contributed by atoms with Crippen LogP contribution in [0.1, 0.15) is 85.0 Å². The third-order valence-electron chi connectivity index (χ3n) is 8.24. The molecule has 0 radical (unpaired) electrons. The summed E-state index contributed by atoms with van der Waals surface area (Å²) in [6.07, 6.45) is 11.1. The molecule has 5 nitrogen and oxygen atoms in total. The Kier molecular flexibility index (Phi) is 7.24. The van der Waals surface area contributed by atoms with Gasteiger partial charge < -0.3 is 25.5 Å². The van der Waals surface area contributed by atoms with Gasteiger partial charge in [-0.1, -0.05) is 44.1 Å². The topological polar surface area (TPSA) is 101 Å². The number of unbranched alkanes of at least 4 members (excludes halogenated alkanes) is 1. The lowest BCUT2D eigenvalue weighted by Gasteiger charge is -2.42. The van der Waals surface area contributed by atoms with Crippen molar-refractivity contribution in [1.82, 2.24) is 0 Å². The van der Waals surface area contributed by atoms with Gasteiger partial charge >= 0.3 is 0 Å². The lowest BCUT2D eigenvalue weighted by Crippen LogP contribution is -2.47. The van der Waals surface area contributed by atoms with Gasteiger partial charge in [0.05, 0.1) is 11.7 Å². The summed E-state index contributed by atoms with van der Waals surface area (Å²) in [7, 11) is 0. The largest absolute Gasteiger partial charge is 0.390 e. The van der Waals surface area contributed by atoms with Crippen LogP contribution in [0, 0.1) is 17.3 Å². The molecule has 5 heteroatoms. The van der Waals surface area contributed by atoms with E-state index in [-0.39, 0.29) is 17.4 Å². The molecule has 5 atom stereocenters. The molecule has 0 spiro atoms. The predicted molar refractivity (Wildman–Crippen MR) is 122 cm³/mol. The molecule has 0 aromatic heterocycles. The highest BCUT2D eigenvalue weighted by atomic mass is 16.5. The molecule has 0 saturated heterocycles. The molecule has 3 aliphatic carbocycles. The lowest BCUT2D eigenvalue weighted by molar-refractivity contribution is -0.169. The van der Waals surface area contributed by atoms with Crippen molar-refractivity contribution in [2.45, 2.75) is 109 Å². The first kappa shape index (κ1) is 24.7. The monoisotopic (exact) mass is 434 g/mol. The summed E-state index contributed by atoms with van der Waals surface area (Å²) in [6.45, 7) is 9.94. The maximum atomic E-state index is 10.4. The molecule has 0 heterocycles. The van der Waals surface area contributed by atoms with Crippen LogP contribution in [-0.2, 0) is 0 Å². The summed E-state index contributed by atoms with van der Waals surface area (Å²) in [5.41, 5.74) is 1.43. The fourth-order valence-corrected chi connectivity index (χ4v) is 6.31. The minimum atomic E-state index is -2.19. The second-order valence-electron chi connectivity index (χ2n) is 11.1. The van der Waals surface area contributed by atoms with Crippen molar-refractivity contribution in [2.24, 2.45) is 17.3 Å². The number of aliphatic hydroxyl groups is 5. The van der Waals surface area contributed by atoms with Crippen molar-refractivity contribution in [3.05, 3.63) is 35.5 Å². The van der Waals surface area contributed by atoms with Crippen molar-refractivity contribution in [3.63, 3.8) is 0 Å². The lowest BCUT2D eigenvalue weighted by atomic mass is 9.62. The number of rotatable bonds is 6. The van der Waals surface area contributed by atoms with Gasteiger partial charge in [0, 0.05) is 12.0 Å². The summed E-state index contributed by atoms with van der Waals surface area (Å²) < 4.78 is 0. The highest BCUT2D eigenvalue weighted by Gasteiger charge is 2.48. The molecule has 4 unspecified atom stereocenters. The van der Waals surface area contributed by atoms with Crippen LogP contribution in [0.4, 0.5) is 0 Å². The quantitative estimate of drug-likeness (QED) is 0.324. The molecule has 3 rings (SSSR count). The van der Waals surface area contributed by atoms with Crippen LogP contribution in [0.25, 0.3) is 0 Å². The van der Waals surface area contributed by atoms with E-state index in [1.54, 1.807) is 6.08 Å². The number of aliphatic hydroxyl groups excluding tert-OH is 2. The van der Waals surface area contributed by atoms with E-state index in [4.69, 9.17) is 0 Å². The van der Waals surface area contributed by atoms with Crippen molar-refractivity contribution in [1.29, 1.82) is 0 Å². The Labute approximate surface area is 187 Å². The van der Waals surface area contributed by atoms with Crippen molar-refractivity contribution >= 4 is 0 Å². The van der Waals surface area contributed by atoms with Crippen molar-refractivity contribution in [3.8, 4) is 0 Å². The first-order valence-corrected chi connectivity index (χ1v) is 12.0. The molecule has 3 fully saturated rings. The van der Waals surface area contributed by atoms with Crippen molar-refractivity contribution < 1.29 is 25.5 Å². The Morgan fingerprint density at radius 1 is 1.13 bits per heavy atom. The van der Waals surface area contributed by atoms with Gasteiger partial charge in [-0.25, -0.2) is 0 Å². The summed E-state index contributed by atoms with van der Waals surface area (Å²) in [6, 6.07) is 0. The maximum absolute atomic E-state index is 10.4. The summed E-state index contributed by atoms with van der Waals surface area (Å²) in [5.74, 6) is -0.995. The zero-order valence-electron chi connectivity index (χ0n) is 19.5. The molecule has 0 aromatic carbocycles. The van der Waals surface area contributed by atoms with Gasteiger partial charge in [-0.2, -0.15) is 0 Å². The van der Waals surface area contributed by atoms with Crippen LogP contribution in [0.5, 0.6) is 0 Å². The van der Waals surface area contributed by atoms with Crippen LogP contribution in [0.2, 0.25) is 0 Å². The SMILES string of the molecule is C=C1/C(=C\C=C2/CCC[C@]3(C)C(CCCCC(C)(C)O)CCC23)C(O)C(O)CC1(O)O. The Hall–Kier alpha value is -0.980. The van der Waals surface area contributed by atoms with Gasteiger partial charge in [-0.3, -0.25) is 0 Å². The van der Waals surface area contributed by atoms with Crippen LogP contribution in [0.15, 0.2) is 35.5 Å². The van der Waals surface area contributed by atoms with E-state index in [9.17, 15) is 25.5 Å². The molecule has 0 amide bonds. The Morgan fingerprint density at radius 3 is 2.52 bits per heavy atom. The second kappa shape index (κ2) is 9.11. The second-order valence-corrected chi connectivity index (χ2v) is 11.1. The number of hydrogen-bond donors (Lipinski definition) is 5. The van der Waals surface area contributed by atoms with Crippen LogP contribution >= 0.6 is 0 Å². The summed E-state index contributed by atoms with van der Waals surface area (Å²) >= 11 is 0. The standard InChI is InChI=1S/C26H42O5/c1-17-20(23(28)22(27)16-26(17,30)31)12-10-18-8-7-15-25(4)19(11-13-21(18)25)9-5-6-14-24(2,3)29/h10,12,19,21-23,27-31H,1,5-9,11,13-16H2,2-4H3/b18-10+,20-12+/t19?,21?,22?,23?,25-/m1/s1. The first-order valence-electron chi connectivity index (χ1n) is 12.0. The predicted octanol–water partition coefficient (Wildman–Crippen LogP) is 3.75. The van der Waals surface area contributed by atoms with Gasteiger partial charge in [-0.05, 0) is 81.6 Å². The summed E-state index contributed by atoms with van der Waals surface area (Å²) in [5, 5.41) is 50.6. The average molecular weight is 435 g/mol. The van der Waals surface area contributed by atoms with E-state index in [2.05, 4.69) is 13.5 Å². The fraction of sp³-hybridized carbons (Fsp3) is 0.769. The van der Waals surface area contributed by atoms with Crippen LogP contribution < -0.4 is 0 Å². The van der Waals surface area contributed by atoms with Gasteiger partial charge in [0.1, 0.15) is 6.10 Å². The number of fused-ring (bicyclic) bond motifs is 1. The molecule has 5 N–H and O–H groups in total. The van der Waals surface area contributed by atoms with E-state index in [0.29, 0.717) is 17.4 Å². The highest BCUT2D eigenvalue weighted by molar-refractivity contribution is 5.43. The minimum Gasteiger partial charge on any atom is -0.390 e. The van der Waals surface area contributed by atoms with Gasteiger partial charge in [0.15, 0.2) is 5.79 Å². The van der Waals surface area contributed by atoms with Gasteiger partial charge in [-0.15, -0.1) is 0 Å². The normalized spacial score (nSPS) is 38.6. The van der Waals surface area contributed by atoms with E-state index in [1.165, 1.54) is 24.8 Å². The van der Waals surface area contributed by atoms with E-state index >= 15 is 0 Å². The Morgan fingerprint density at radius 2 is 1.84 bits per heavy atom. The molecule has 31 heavy (non-hydrogen) atoms. The maximum Gasteiger partial charge on any atom is 0.192 e. The van der Waals surface area contributed by atoms with Gasteiger partial charge in [0.2, 0.25) is 0 Å². The molecule has 176 valence electrons. The van der Waals surface area contributed by atoms with E-state index in [0.717, 1.165) is 38.5 Å². The van der Waals surface area contributed by atoms with Crippen molar-refractivity contribution in [2.75, 3.05) is 0 Å². The highest BCUT2D eigenvalue weighted by Crippen LogP contribution is 2.58. The number of hydrogen-bond acceptors (Lipinski definition) is 5. The Balaban J connectivity index is 1.72. The molecular weight excluding hydrogens is 392 g/mol. The van der Waals surface area contributed by atoms with Gasteiger partial charge in [0.25, 0.3) is 0 Å². The molecular formula is C26H42O5. The molecule has 0 aliphatic heterocycles. The van der Waals surface area contributed by atoms with E-state index < -0.39 is 23.6 Å². The minimum absolute atomic E-state index is 0.0665.